The van der Waals surface area contributed by atoms with Gasteiger partial charge in [-0.3, -0.25) is 14.8 Å². The minimum absolute atomic E-state index is 0.104. The molecule has 4 aromatic rings. The second-order valence-corrected chi connectivity index (χ2v) is 8.29. The van der Waals surface area contributed by atoms with Gasteiger partial charge in [0.25, 0.3) is 0 Å². The molecular weight excluding hydrogens is 443 g/mol. The topological polar surface area (TPSA) is 68.9 Å². The predicted octanol–water partition coefficient (Wildman–Crippen LogP) is 6.81. The highest BCUT2D eigenvalue weighted by atomic mass is 19.4. The maximum absolute atomic E-state index is 13.2. The third kappa shape index (κ3) is 5.06. The molecule has 3 aromatic heterocycles. The zero-order valence-corrected chi connectivity index (χ0v) is 18.8. The quantitative estimate of drug-likeness (QED) is 0.293. The van der Waals surface area contributed by atoms with E-state index in [2.05, 4.69) is 15.0 Å². The van der Waals surface area contributed by atoms with Crippen LogP contribution in [-0.4, -0.2) is 20.7 Å². The number of benzene rings is 1. The maximum atomic E-state index is 13.2. The predicted molar refractivity (Wildman–Crippen MR) is 121 cm³/mol. The Morgan fingerprint density at radius 3 is 2.32 bits per heavy atom. The number of aromatic nitrogens is 3. The van der Waals surface area contributed by atoms with E-state index < -0.39 is 11.9 Å². The van der Waals surface area contributed by atoms with Gasteiger partial charge in [-0.15, -0.1) is 0 Å². The second kappa shape index (κ2) is 9.21. The van der Waals surface area contributed by atoms with Crippen molar-refractivity contribution in [3.63, 3.8) is 0 Å². The summed E-state index contributed by atoms with van der Waals surface area (Å²) in [5.41, 5.74) is 3.92. The Morgan fingerprint density at radius 2 is 1.74 bits per heavy atom. The first-order valence-corrected chi connectivity index (χ1v) is 10.7. The third-order valence-electron chi connectivity index (χ3n) is 5.61. The zero-order valence-electron chi connectivity index (χ0n) is 18.8. The number of hydrogen-bond acceptors (Lipinski definition) is 5. The van der Waals surface area contributed by atoms with E-state index in [0.29, 0.717) is 33.8 Å². The smallest absolute Gasteiger partial charge is 0.433 e. The Labute approximate surface area is 194 Å². The number of oxazole rings is 1. The van der Waals surface area contributed by atoms with Crippen LogP contribution >= 0.6 is 0 Å². The van der Waals surface area contributed by atoms with E-state index in [4.69, 9.17) is 4.42 Å². The van der Waals surface area contributed by atoms with Crippen LogP contribution in [0.25, 0.3) is 22.6 Å². The van der Waals surface area contributed by atoms with Crippen LogP contribution in [0.5, 0.6) is 0 Å². The van der Waals surface area contributed by atoms with Gasteiger partial charge in [-0.1, -0.05) is 19.1 Å². The number of nitrogens with zero attached hydrogens (tertiary/aromatic N) is 3. The Morgan fingerprint density at radius 1 is 0.971 bits per heavy atom. The van der Waals surface area contributed by atoms with Crippen LogP contribution in [-0.2, 0) is 6.18 Å². The van der Waals surface area contributed by atoms with Crippen molar-refractivity contribution < 1.29 is 22.4 Å². The molecule has 0 saturated carbocycles. The molecule has 34 heavy (non-hydrogen) atoms. The highest BCUT2D eigenvalue weighted by Crippen LogP contribution is 2.32. The molecule has 4 rings (SSSR count). The normalized spacial score (nSPS) is 12.5. The molecule has 1 aromatic carbocycles. The number of aryl methyl sites for hydroxylation is 2. The summed E-state index contributed by atoms with van der Waals surface area (Å²) in [7, 11) is 0. The molecule has 0 N–H and O–H groups in total. The van der Waals surface area contributed by atoms with Gasteiger partial charge in [0.15, 0.2) is 17.9 Å². The fourth-order valence-electron chi connectivity index (χ4n) is 3.66. The molecule has 3 heterocycles. The van der Waals surface area contributed by atoms with Crippen molar-refractivity contribution in [2.45, 2.75) is 39.3 Å². The van der Waals surface area contributed by atoms with Gasteiger partial charge in [-0.2, -0.15) is 13.2 Å². The van der Waals surface area contributed by atoms with Gasteiger partial charge in [-0.05, 0) is 61.2 Å². The number of alkyl halides is 3. The number of rotatable bonds is 6. The zero-order chi connectivity index (χ0) is 24.5. The van der Waals surface area contributed by atoms with Crippen molar-refractivity contribution in [1.82, 2.24) is 15.0 Å². The van der Waals surface area contributed by atoms with Crippen molar-refractivity contribution in [2.75, 3.05) is 0 Å². The van der Waals surface area contributed by atoms with Gasteiger partial charge < -0.3 is 4.42 Å². The fourth-order valence-corrected chi connectivity index (χ4v) is 3.66. The number of halogens is 3. The van der Waals surface area contributed by atoms with Crippen molar-refractivity contribution >= 4 is 5.78 Å². The summed E-state index contributed by atoms with van der Waals surface area (Å²) in [6.07, 6.45) is -0.119. The van der Waals surface area contributed by atoms with Crippen LogP contribution in [0.3, 0.4) is 0 Å². The molecule has 0 unspecified atom stereocenters. The molecule has 8 heteroatoms. The molecule has 0 bridgehead atoms. The molecule has 0 amide bonds. The Bertz CT molecular complexity index is 1310. The maximum Gasteiger partial charge on any atom is 0.433 e. The highest BCUT2D eigenvalue weighted by molar-refractivity contribution is 5.99. The third-order valence-corrected chi connectivity index (χ3v) is 5.61. The Balaban J connectivity index is 1.65. The highest BCUT2D eigenvalue weighted by Gasteiger charge is 2.32. The Kier molecular flexibility index (Phi) is 6.32. The molecule has 0 aliphatic carbocycles. The van der Waals surface area contributed by atoms with E-state index in [1.54, 1.807) is 25.3 Å². The first-order chi connectivity index (χ1) is 16.1. The van der Waals surface area contributed by atoms with Crippen molar-refractivity contribution in [1.29, 1.82) is 0 Å². The van der Waals surface area contributed by atoms with Crippen LogP contribution in [0, 0.1) is 13.8 Å². The minimum Gasteiger partial charge on any atom is -0.443 e. The first-order valence-electron chi connectivity index (χ1n) is 10.7. The number of ketones is 1. The monoisotopic (exact) mass is 465 g/mol. The second-order valence-electron chi connectivity index (χ2n) is 8.29. The summed E-state index contributed by atoms with van der Waals surface area (Å²) in [5, 5.41) is 0. The lowest BCUT2D eigenvalue weighted by atomic mass is 9.91. The number of carbonyl (C=O) groups excluding carboxylic acids is 1. The van der Waals surface area contributed by atoms with E-state index in [1.807, 2.05) is 32.0 Å². The molecule has 5 nitrogen and oxygen atoms in total. The molecule has 0 aliphatic rings. The van der Waals surface area contributed by atoms with Crippen molar-refractivity contribution in [3.05, 3.63) is 89.3 Å². The average Bonchev–Trinajstić information content (AvgIpc) is 3.24. The Hall–Kier alpha value is -3.81. The van der Waals surface area contributed by atoms with E-state index in [1.165, 1.54) is 18.7 Å². The molecule has 174 valence electrons. The summed E-state index contributed by atoms with van der Waals surface area (Å²) < 4.78 is 43.9. The van der Waals surface area contributed by atoms with Crippen LogP contribution in [0.15, 0.2) is 65.7 Å². The standard InChI is InChI=1S/C26H22F3N3O2/c1-15-4-6-22(30-12-15)19-9-20(11-21(10-19)25-17(3)32-14-34-25)23(33)8-16(2)18-5-7-24(31-13-18)26(27,28)29/h4-7,9-14,16H,8H2,1-3H3/t16-/m0/s1. The van der Waals surface area contributed by atoms with Crippen LogP contribution in [0.4, 0.5) is 13.2 Å². The minimum atomic E-state index is -4.50. The SMILES string of the molecule is Cc1ccc(-c2cc(C(=O)C[C@H](C)c3ccc(C(F)(F)F)nc3)cc(-c3ocnc3C)c2)nc1. The van der Waals surface area contributed by atoms with E-state index in [9.17, 15) is 18.0 Å². The van der Waals surface area contributed by atoms with E-state index in [-0.39, 0.29) is 18.1 Å². The van der Waals surface area contributed by atoms with Crippen LogP contribution in [0.2, 0.25) is 0 Å². The van der Waals surface area contributed by atoms with Crippen LogP contribution < -0.4 is 0 Å². The van der Waals surface area contributed by atoms with Gasteiger partial charge in [0.2, 0.25) is 0 Å². The lowest BCUT2D eigenvalue weighted by Crippen LogP contribution is -2.10. The summed E-state index contributed by atoms with van der Waals surface area (Å²) in [5.74, 6) is 0.0849. The van der Waals surface area contributed by atoms with Gasteiger partial charge in [0, 0.05) is 35.5 Å². The number of carbonyl (C=O) groups is 1. The molecule has 0 aliphatic heterocycles. The molecule has 1 atom stereocenters. The van der Waals surface area contributed by atoms with Gasteiger partial charge in [0.1, 0.15) is 5.69 Å². The molecule has 0 saturated heterocycles. The summed E-state index contributed by atoms with van der Waals surface area (Å²) in [4.78, 5) is 25.3. The van der Waals surface area contributed by atoms with Gasteiger partial charge in [-0.25, -0.2) is 4.98 Å². The van der Waals surface area contributed by atoms with Gasteiger partial charge >= 0.3 is 6.18 Å². The van der Waals surface area contributed by atoms with Crippen LogP contribution in [0.1, 0.15) is 52.1 Å². The largest absolute Gasteiger partial charge is 0.443 e. The van der Waals surface area contributed by atoms with Gasteiger partial charge in [0.05, 0.1) is 11.4 Å². The molecule has 0 fully saturated rings. The lowest BCUT2D eigenvalue weighted by molar-refractivity contribution is -0.141. The summed E-state index contributed by atoms with van der Waals surface area (Å²) >= 11 is 0. The van der Waals surface area contributed by atoms with E-state index in [0.717, 1.165) is 17.2 Å². The van der Waals surface area contributed by atoms with E-state index >= 15 is 0 Å². The number of hydrogen-bond donors (Lipinski definition) is 0. The average molecular weight is 465 g/mol. The fraction of sp³-hybridized carbons (Fsp3) is 0.231. The first kappa shape index (κ1) is 23.4. The summed E-state index contributed by atoms with van der Waals surface area (Å²) in [6, 6.07) is 11.5. The van der Waals surface area contributed by atoms with Crippen molar-refractivity contribution in [2.24, 2.45) is 0 Å². The van der Waals surface area contributed by atoms with Crippen molar-refractivity contribution in [3.8, 4) is 22.6 Å². The molecule has 0 radical (unpaired) electrons. The number of pyridine rings is 2. The lowest BCUT2D eigenvalue weighted by Gasteiger charge is -2.14. The summed E-state index contributed by atoms with van der Waals surface area (Å²) in [6.45, 7) is 5.55. The molecule has 0 spiro atoms. The molecular formula is C26H22F3N3O2. The number of Topliss-reactive ketones (excluding diaryl/α,β-unsaturated/α-hetero) is 1.